The van der Waals surface area contributed by atoms with Crippen LogP contribution in [0.15, 0.2) is 47.4 Å². The molecule has 0 aliphatic rings. The highest BCUT2D eigenvalue weighted by Crippen LogP contribution is 2.12. The summed E-state index contributed by atoms with van der Waals surface area (Å²) >= 11 is 0. The largest absolute Gasteiger partial charge is 0.354 e. The van der Waals surface area contributed by atoms with E-state index in [0.717, 1.165) is 0 Å². The molecule has 0 bridgehead atoms. The summed E-state index contributed by atoms with van der Waals surface area (Å²) in [5.41, 5.74) is 0.961. The molecule has 1 aromatic carbocycles. The van der Waals surface area contributed by atoms with Gasteiger partial charge in [0.1, 0.15) is 0 Å². The third kappa shape index (κ3) is 2.86. The number of carbonyl (C=O) groups excluding carboxylic acids is 1. The number of hydrogen-bond acceptors (Lipinski definition) is 5. The Morgan fingerprint density at radius 2 is 1.96 bits per heavy atom. The molecule has 3 rings (SSSR count). The molecule has 0 unspecified atom stereocenters. The molecule has 24 heavy (non-hydrogen) atoms. The Bertz CT molecular complexity index is 947. The van der Waals surface area contributed by atoms with Crippen molar-refractivity contribution >= 4 is 22.5 Å². The van der Waals surface area contributed by atoms with Crippen LogP contribution in [0.5, 0.6) is 0 Å². The molecule has 0 radical (unpaired) electrons. The lowest BCUT2D eigenvalue weighted by atomic mass is 10.2. The molecular weight excluding hydrogens is 310 g/mol. The van der Waals surface area contributed by atoms with Crippen LogP contribution in [0.1, 0.15) is 10.4 Å². The highest BCUT2D eigenvalue weighted by molar-refractivity contribution is 6.00. The summed E-state index contributed by atoms with van der Waals surface area (Å²) in [7, 11) is 2.98. The summed E-state index contributed by atoms with van der Waals surface area (Å²) in [6.45, 7) is 0.185. The molecule has 0 atom stereocenters. The normalized spacial score (nSPS) is 11.3. The second kappa shape index (κ2) is 6.77. The molecule has 2 aromatic heterocycles. The van der Waals surface area contributed by atoms with Crippen molar-refractivity contribution in [2.45, 2.75) is 6.29 Å². The molecule has 0 fully saturated rings. The molecule has 7 nitrogen and oxygen atoms in total. The second-order valence-electron chi connectivity index (χ2n) is 5.16. The first-order valence-electron chi connectivity index (χ1n) is 7.39. The van der Waals surface area contributed by atoms with Gasteiger partial charge in [-0.05, 0) is 24.3 Å². The first kappa shape index (κ1) is 16.1. The van der Waals surface area contributed by atoms with E-state index in [1.54, 1.807) is 42.6 Å². The Hall–Kier alpha value is -2.77. The number of nitrogens with one attached hydrogen (secondary N) is 1. The number of pyridine rings is 1. The van der Waals surface area contributed by atoms with Gasteiger partial charge >= 0.3 is 0 Å². The minimum atomic E-state index is -0.541. The number of methoxy groups -OCH3 is 2. The lowest BCUT2D eigenvalue weighted by Crippen LogP contribution is -2.34. The molecule has 2 heterocycles. The van der Waals surface area contributed by atoms with E-state index in [1.165, 1.54) is 18.6 Å². The van der Waals surface area contributed by atoms with Gasteiger partial charge in [-0.2, -0.15) is 0 Å². The number of ether oxygens (including phenoxy) is 2. The van der Waals surface area contributed by atoms with Crippen molar-refractivity contribution in [2.24, 2.45) is 0 Å². The molecule has 1 N–H and O–H groups in total. The van der Waals surface area contributed by atoms with Gasteiger partial charge in [0.05, 0.1) is 23.0 Å². The summed E-state index contributed by atoms with van der Waals surface area (Å²) in [5, 5.41) is 3.22. The van der Waals surface area contributed by atoms with E-state index in [9.17, 15) is 9.59 Å². The second-order valence-corrected chi connectivity index (χ2v) is 5.16. The predicted molar refractivity (Wildman–Crippen MR) is 89.1 cm³/mol. The van der Waals surface area contributed by atoms with Gasteiger partial charge in [-0.15, -0.1) is 0 Å². The molecule has 0 spiro atoms. The number of hydrogen-bond donors (Lipinski definition) is 1. The van der Waals surface area contributed by atoms with Crippen LogP contribution in [-0.4, -0.2) is 42.3 Å². The van der Waals surface area contributed by atoms with Crippen molar-refractivity contribution in [3.8, 4) is 0 Å². The van der Waals surface area contributed by atoms with E-state index in [-0.39, 0.29) is 18.0 Å². The van der Waals surface area contributed by atoms with Crippen LogP contribution in [0.2, 0.25) is 0 Å². The summed E-state index contributed by atoms with van der Waals surface area (Å²) in [6.07, 6.45) is 1.06. The van der Waals surface area contributed by atoms with Gasteiger partial charge in [-0.1, -0.05) is 12.1 Å². The van der Waals surface area contributed by atoms with Gasteiger partial charge in [0, 0.05) is 20.4 Å². The maximum absolute atomic E-state index is 12.6. The first-order chi connectivity index (χ1) is 11.7. The molecule has 7 heteroatoms. The Morgan fingerprint density at radius 3 is 2.71 bits per heavy atom. The van der Waals surface area contributed by atoms with Crippen LogP contribution in [-0.2, 0) is 9.47 Å². The van der Waals surface area contributed by atoms with Crippen LogP contribution in [0.25, 0.3) is 16.6 Å². The van der Waals surface area contributed by atoms with Crippen LogP contribution < -0.4 is 10.9 Å². The van der Waals surface area contributed by atoms with Gasteiger partial charge in [0.2, 0.25) is 0 Å². The lowest BCUT2D eigenvalue weighted by Gasteiger charge is -2.14. The Kier molecular flexibility index (Phi) is 4.54. The lowest BCUT2D eigenvalue weighted by molar-refractivity contribution is -0.0974. The molecule has 0 saturated heterocycles. The van der Waals surface area contributed by atoms with Gasteiger partial charge in [0.15, 0.2) is 11.9 Å². The molecule has 3 aromatic rings. The number of aromatic nitrogens is 2. The van der Waals surface area contributed by atoms with Crippen LogP contribution in [0.3, 0.4) is 0 Å². The average Bonchev–Trinajstić information content (AvgIpc) is 2.62. The number of fused-ring (bicyclic) bond motifs is 2. The summed E-state index contributed by atoms with van der Waals surface area (Å²) in [5.74, 6) is -0.352. The zero-order valence-electron chi connectivity index (χ0n) is 13.4. The van der Waals surface area contributed by atoms with Crippen molar-refractivity contribution in [1.29, 1.82) is 0 Å². The van der Waals surface area contributed by atoms with Crippen molar-refractivity contribution in [3.05, 3.63) is 58.5 Å². The van der Waals surface area contributed by atoms with Crippen LogP contribution in [0.4, 0.5) is 0 Å². The van der Waals surface area contributed by atoms with Crippen molar-refractivity contribution in [2.75, 3.05) is 20.8 Å². The van der Waals surface area contributed by atoms with E-state index >= 15 is 0 Å². The third-order valence-electron chi connectivity index (χ3n) is 3.75. The molecule has 124 valence electrons. The van der Waals surface area contributed by atoms with Crippen molar-refractivity contribution in [3.63, 3.8) is 0 Å². The Labute approximate surface area is 137 Å². The van der Waals surface area contributed by atoms with Gasteiger partial charge in [-0.25, -0.2) is 4.98 Å². The number of carbonyl (C=O) groups is 1. The Balaban J connectivity index is 2.05. The zero-order valence-corrected chi connectivity index (χ0v) is 13.4. The number of benzene rings is 1. The molecule has 0 saturated carbocycles. The topological polar surface area (TPSA) is 81.9 Å². The molecular formula is C17H17N3O4. The maximum Gasteiger partial charge on any atom is 0.265 e. The SMILES string of the molecule is COC(CNC(=O)c1cccn2c(=O)c3ccccc3nc12)OC. The van der Waals surface area contributed by atoms with E-state index in [2.05, 4.69) is 10.3 Å². The molecule has 1 amide bonds. The molecule has 0 aliphatic carbocycles. The predicted octanol–water partition coefficient (Wildman–Crippen LogP) is 1.20. The minimum absolute atomic E-state index is 0.185. The van der Waals surface area contributed by atoms with E-state index < -0.39 is 6.29 Å². The van der Waals surface area contributed by atoms with Crippen molar-refractivity contribution in [1.82, 2.24) is 14.7 Å². The standard InChI is InChI=1S/C17H17N3O4/c1-23-14(24-2)10-18-16(21)12-7-5-9-20-15(12)19-13-8-4-3-6-11(13)17(20)22/h3-9,14H,10H2,1-2H3,(H,18,21). The van der Waals surface area contributed by atoms with Crippen LogP contribution in [0, 0.1) is 0 Å². The third-order valence-corrected chi connectivity index (χ3v) is 3.75. The maximum atomic E-state index is 12.6. The summed E-state index contributed by atoms with van der Waals surface area (Å²) < 4.78 is 11.5. The van der Waals surface area contributed by atoms with E-state index in [1.807, 2.05) is 0 Å². The highest BCUT2D eigenvalue weighted by atomic mass is 16.7. The van der Waals surface area contributed by atoms with E-state index in [4.69, 9.17) is 9.47 Å². The van der Waals surface area contributed by atoms with Crippen molar-refractivity contribution < 1.29 is 14.3 Å². The fourth-order valence-electron chi connectivity index (χ4n) is 2.49. The number of amides is 1. The van der Waals surface area contributed by atoms with E-state index in [0.29, 0.717) is 22.1 Å². The minimum Gasteiger partial charge on any atom is -0.354 e. The van der Waals surface area contributed by atoms with Gasteiger partial charge < -0.3 is 14.8 Å². The first-order valence-corrected chi connectivity index (χ1v) is 7.39. The van der Waals surface area contributed by atoms with Crippen LogP contribution >= 0.6 is 0 Å². The van der Waals surface area contributed by atoms with Gasteiger partial charge in [-0.3, -0.25) is 14.0 Å². The Morgan fingerprint density at radius 1 is 1.21 bits per heavy atom. The quantitative estimate of drug-likeness (QED) is 0.562. The number of para-hydroxylation sites is 1. The zero-order chi connectivity index (χ0) is 17.1. The summed E-state index contributed by atoms with van der Waals surface area (Å²) in [6, 6.07) is 10.3. The molecule has 0 aliphatic heterocycles. The number of nitrogens with zero attached hydrogens (tertiary/aromatic N) is 2. The highest BCUT2D eigenvalue weighted by Gasteiger charge is 2.15. The van der Waals surface area contributed by atoms with Gasteiger partial charge in [0.25, 0.3) is 11.5 Å². The fraction of sp³-hybridized carbons (Fsp3) is 0.235. The number of rotatable bonds is 5. The monoisotopic (exact) mass is 327 g/mol. The fourth-order valence-corrected chi connectivity index (χ4v) is 2.49. The average molecular weight is 327 g/mol. The summed E-state index contributed by atoms with van der Waals surface area (Å²) in [4.78, 5) is 29.5. The smallest absolute Gasteiger partial charge is 0.265 e.